The predicted molar refractivity (Wildman–Crippen MR) is 149 cm³/mol. The Morgan fingerprint density at radius 1 is 0.886 bits per heavy atom. The Morgan fingerprint density at radius 3 is 2.37 bits per heavy atom. The van der Waals surface area contributed by atoms with Crippen LogP contribution < -0.4 is 0 Å². The second-order valence-corrected chi connectivity index (χ2v) is 11.1. The molecule has 1 heterocycles. The molecule has 4 rings (SSSR count). The van der Waals surface area contributed by atoms with Gasteiger partial charge in [0.2, 0.25) is 0 Å². The number of halogens is 4. The fourth-order valence-corrected chi connectivity index (χ4v) is 5.54. The highest BCUT2D eigenvalue weighted by atomic mass is 35.5. The van der Waals surface area contributed by atoms with Crippen molar-refractivity contribution in [3.05, 3.63) is 111 Å². The first kappa shape index (κ1) is 26.5. The zero-order chi connectivity index (χ0) is 24.6. The summed E-state index contributed by atoms with van der Waals surface area (Å²) in [5.41, 5.74) is 1.39. The summed E-state index contributed by atoms with van der Waals surface area (Å²) < 4.78 is 6.33. The van der Waals surface area contributed by atoms with Crippen LogP contribution in [-0.4, -0.2) is 34.3 Å². The van der Waals surface area contributed by atoms with E-state index in [2.05, 4.69) is 40.3 Å². The van der Waals surface area contributed by atoms with Crippen LogP contribution in [0.1, 0.15) is 23.7 Å². The molecule has 2 unspecified atom stereocenters. The van der Waals surface area contributed by atoms with Crippen molar-refractivity contribution in [3.63, 3.8) is 0 Å². The average Bonchev–Trinajstić information content (AvgIpc) is 3.34. The Hall–Kier alpha value is -1.53. The summed E-state index contributed by atoms with van der Waals surface area (Å²) in [7, 11) is 0. The lowest BCUT2D eigenvalue weighted by Crippen LogP contribution is -2.36. The highest BCUT2D eigenvalue weighted by Crippen LogP contribution is 2.33. The van der Waals surface area contributed by atoms with Gasteiger partial charge in [-0.15, -0.1) is 11.8 Å². The zero-order valence-electron chi connectivity index (χ0n) is 19.0. The highest BCUT2D eigenvalue weighted by molar-refractivity contribution is 7.99. The number of ether oxygens (including phenoxy) is 1. The van der Waals surface area contributed by atoms with Gasteiger partial charge in [-0.1, -0.05) is 82.8 Å². The van der Waals surface area contributed by atoms with Gasteiger partial charge in [-0.3, -0.25) is 0 Å². The van der Waals surface area contributed by atoms with Gasteiger partial charge in [-0.25, -0.2) is 0 Å². The van der Waals surface area contributed by atoms with Gasteiger partial charge in [0.15, 0.2) is 0 Å². The smallest absolute Gasteiger partial charge is 0.135 e. The molecule has 3 nitrogen and oxygen atoms in total. The molecule has 0 aliphatic carbocycles. The number of nitrogens with zero attached hydrogens (tertiary/aromatic N) is 2. The summed E-state index contributed by atoms with van der Waals surface area (Å²) in [6, 6.07) is 23.5. The summed E-state index contributed by atoms with van der Waals surface area (Å²) in [4.78, 5) is 5.67. The van der Waals surface area contributed by atoms with E-state index in [-0.39, 0.29) is 6.10 Å². The van der Waals surface area contributed by atoms with Crippen LogP contribution in [0.15, 0.2) is 90.1 Å². The van der Waals surface area contributed by atoms with E-state index in [1.807, 2.05) is 54.4 Å². The van der Waals surface area contributed by atoms with Gasteiger partial charge < -0.3 is 14.5 Å². The van der Waals surface area contributed by atoms with Crippen molar-refractivity contribution in [1.82, 2.24) is 9.80 Å². The molecule has 2 atom stereocenters. The zero-order valence-corrected chi connectivity index (χ0v) is 22.8. The largest absolute Gasteiger partial charge is 0.365 e. The first-order valence-corrected chi connectivity index (χ1v) is 13.9. The first-order chi connectivity index (χ1) is 17.0. The number of alkyl halides is 1. The van der Waals surface area contributed by atoms with Gasteiger partial charge in [0.25, 0.3) is 0 Å². The SMILES string of the molecule is Clc1ccc(C(OCc2ccc(Cl)cc2Cl)C(Cl)N2C=CN(CCCSc3ccccc3)C2)cc1. The summed E-state index contributed by atoms with van der Waals surface area (Å²) in [6.07, 6.45) is 4.82. The fraction of sp³-hybridized carbons (Fsp3) is 0.259. The Kier molecular flexibility index (Phi) is 9.96. The summed E-state index contributed by atoms with van der Waals surface area (Å²) in [5.74, 6) is 1.07. The molecule has 35 heavy (non-hydrogen) atoms. The number of rotatable bonds is 11. The molecule has 0 radical (unpaired) electrons. The molecule has 0 amide bonds. The molecular formula is C27H26Cl4N2OS. The van der Waals surface area contributed by atoms with E-state index >= 15 is 0 Å². The van der Waals surface area contributed by atoms with Crippen LogP contribution in [0.3, 0.4) is 0 Å². The third kappa shape index (κ3) is 7.72. The maximum absolute atomic E-state index is 7.00. The van der Waals surface area contributed by atoms with Crippen molar-refractivity contribution in [2.75, 3.05) is 19.0 Å². The van der Waals surface area contributed by atoms with E-state index < -0.39 is 5.50 Å². The van der Waals surface area contributed by atoms with Gasteiger partial charge in [0, 0.05) is 38.9 Å². The number of thioether (sulfide) groups is 1. The lowest BCUT2D eigenvalue weighted by molar-refractivity contribution is 0.00686. The third-order valence-corrected chi connectivity index (χ3v) is 8.03. The number of hydrogen-bond acceptors (Lipinski definition) is 4. The molecule has 3 aromatic rings. The van der Waals surface area contributed by atoms with Crippen LogP contribution >= 0.6 is 58.2 Å². The standard InChI is InChI=1S/C27H26Cl4N2OS/c28-22-10-7-20(8-11-22)26(34-18-21-9-12-23(29)17-25(21)30)27(31)33-15-14-32(19-33)13-4-16-35-24-5-2-1-3-6-24/h1-3,5-12,14-15,17,26-27H,4,13,16,18-19H2. The van der Waals surface area contributed by atoms with Crippen LogP contribution in [-0.2, 0) is 11.3 Å². The molecular weight excluding hydrogens is 542 g/mol. The summed E-state index contributed by atoms with van der Waals surface area (Å²) in [6.45, 7) is 1.98. The van der Waals surface area contributed by atoms with E-state index in [1.165, 1.54) is 4.90 Å². The molecule has 1 aliphatic rings. The van der Waals surface area contributed by atoms with Crippen LogP contribution in [0.25, 0.3) is 0 Å². The summed E-state index contributed by atoms with van der Waals surface area (Å²) in [5, 5.41) is 1.83. The Bertz CT molecular complexity index is 1110. The van der Waals surface area contributed by atoms with Crippen LogP contribution in [0.5, 0.6) is 0 Å². The van der Waals surface area contributed by atoms with Gasteiger partial charge in [-0.2, -0.15) is 0 Å². The van der Waals surface area contributed by atoms with E-state index in [4.69, 9.17) is 51.1 Å². The van der Waals surface area contributed by atoms with Gasteiger partial charge in [0.1, 0.15) is 11.6 Å². The number of hydrogen-bond donors (Lipinski definition) is 0. The highest BCUT2D eigenvalue weighted by Gasteiger charge is 2.29. The molecule has 0 saturated carbocycles. The minimum absolute atomic E-state index is 0.310. The molecule has 0 saturated heterocycles. The van der Waals surface area contributed by atoms with Gasteiger partial charge in [0.05, 0.1) is 13.3 Å². The minimum Gasteiger partial charge on any atom is -0.365 e. The van der Waals surface area contributed by atoms with Gasteiger partial charge >= 0.3 is 0 Å². The molecule has 8 heteroatoms. The maximum atomic E-state index is 7.00. The molecule has 0 bridgehead atoms. The number of benzene rings is 3. The van der Waals surface area contributed by atoms with Crippen molar-refractivity contribution in [1.29, 1.82) is 0 Å². The first-order valence-electron chi connectivity index (χ1n) is 11.3. The maximum Gasteiger partial charge on any atom is 0.135 e. The van der Waals surface area contributed by atoms with Crippen LogP contribution in [0, 0.1) is 0 Å². The second-order valence-electron chi connectivity index (χ2n) is 8.17. The lowest BCUT2D eigenvalue weighted by atomic mass is 10.1. The molecule has 0 spiro atoms. The van der Waals surface area contributed by atoms with E-state index in [0.29, 0.717) is 28.3 Å². The molecule has 0 N–H and O–H groups in total. The minimum atomic E-state index is -0.415. The molecule has 184 valence electrons. The molecule has 0 aromatic heterocycles. The van der Waals surface area contributed by atoms with Crippen molar-refractivity contribution in [2.24, 2.45) is 0 Å². The van der Waals surface area contributed by atoms with Crippen molar-refractivity contribution in [3.8, 4) is 0 Å². The normalized spacial score (nSPS) is 15.0. The van der Waals surface area contributed by atoms with E-state index in [0.717, 1.165) is 29.8 Å². The lowest BCUT2D eigenvalue weighted by Gasteiger charge is -2.31. The Balaban J connectivity index is 1.35. The average molecular weight is 568 g/mol. The van der Waals surface area contributed by atoms with Crippen molar-refractivity contribution in [2.45, 2.75) is 29.5 Å². The fourth-order valence-electron chi connectivity index (χ4n) is 3.74. The van der Waals surface area contributed by atoms with Crippen LogP contribution in [0.4, 0.5) is 0 Å². The van der Waals surface area contributed by atoms with E-state index in [9.17, 15) is 0 Å². The third-order valence-electron chi connectivity index (χ3n) is 5.61. The Morgan fingerprint density at radius 2 is 1.63 bits per heavy atom. The van der Waals surface area contributed by atoms with Gasteiger partial charge in [-0.05, 0) is 59.7 Å². The Labute approximate surface area is 231 Å². The topological polar surface area (TPSA) is 15.7 Å². The van der Waals surface area contributed by atoms with E-state index in [1.54, 1.807) is 12.1 Å². The molecule has 0 fully saturated rings. The van der Waals surface area contributed by atoms with Crippen molar-refractivity contribution < 1.29 is 4.74 Å². The van der Waals surface area contributed by atoms with Crippen LogP contribution in [0.2, 0.25) is 15.1 Å². The predicted octanol–water partition coefficient (Wildman–Crippen LogP) is 8.70. The van der Waals surface area contributed by atoms with Crippen molar-refractivity contribution >= 4 is 58.2 Å². The second kappa shape index (κ2) is 13.1. The quantitative estimate of drug-likeness (QED) is 0.0995. The molecule has 1 aliphatic heterocycles. The molecule has 3 aromatic carbocycles. The monoisotopic (exact) mass is 566 g/mol. The summed E-state index contributed by atoms with van der Waals surface area (Å²) >= 11 is 27.4.